The summed E-state index contributed by atoms with van der Waals surface area (Å²) in [5, 5.41) is 0. The van der Waals surface area contributed by atoms with Gasteiger partial charge in [0.15, 0.2) is 0 Å². The van der Waals surface area contributed by atoms with E-state index in [4.69, 9.17) is 0 Å². The fourth-order valence-corrected chi connectivity index (χ4v) is 2.12. The van der Waals surface area contributed by atoms with Crippen LogP contribution in [0, 0.1) is 5.92 Å². The molecule has 1 heteroatoms. The van der Waals surface area contributed by atoms with Crippen LogP contribution in [0.1, 0.15) is 18.1 Å². The Bertz CT molecular complexity index is 352. The van der Waals surface area contributed by atoms with Crippen molar-refractivity contribution in [2.45, 2.75) is 19.8 Å². The lowest BCUT2D eigenvalue weighted by Crippen LogP contribution is -1.96. The van der Waals surface area contributed by atoms with Crippen LogP contribution in [-0.4, -0.2) is 6.29 Å². The number of allylic oxidation sites excluding steroid dienone is 2. The number of aldehydes is 1. The first-order chi connectivity index (χ1) is 6.79. The monoisotopic (exact) mass is 186 g/mol. The van der Waals surface area contributed by atoms with Gasteiger partial charge in [0, 0.05) is 0 Å². The molecule has 2 rings (SSSR count). The molecule has 0 aromatic heterocycles. The molecule has 0 fully saturated rings. The molecular formula is C13H14O. The normalized spacial score (nSPS) is 16.8. The highest BCUT2D eigenvalue weighted by Gasteiger charge is 2.18. The molecule has 1 aromatic rings. The Labute approximate surface area is 84.5 Å². The topological polar surface area (TPSA) is 17.1 Å². The summed E-state index contributed by atoms with van der Waals surface area (Å²) in [7, 11) is 0. The maximum Gasteiger partial charge on any atom is 0.145 e. The molecule has 72 valence electrons. The van der Waals surface area contributed by atoms with E-state index in [1.165, 1.54) is 11.1 Å². The number of benzene rings is 1. The van der Waals surface area contributed by atoms with E-state index in [2.05, 4.69) is 30.3 Å². The van der Waals surface area contributed by atoms with Gasteiger partial charge >= 0.3 is 0 Å². The first kappa shape index (κ1) is 9.20. The Morgan fingerprint density at radius 2 is 1.86 bits per heavy atom. The fourth-order valence-electron chi connectivity index (χ4n) is 2.12. The Kier molecular flexibility index (Phi) is 2.49. The van der Waals surface area contributed by atoms with E-state index in [1.807, 2.05) is 6.92 Å². The molecule has 0 heterocycles. The van der Waals surface area contributed by atoms with E-state index in [0.717, 1.165) is 24.7 Å². The van der Waals surface area contributed by atoms with Gasteiger partial charge in [-0.3, -0.25) is 4.79 Å². The second kappa shape index (κ2) is 3.79. The Balaban J connectivity index is 2.16. The standard InChI is InChI=1S/C13H14O/c1-10(9-14)6-11-7-12-4-2-3-5-13(12)8-11/h2-6,9,11H,7-8H2,1H3. The predicted octanol–water partition coefficient (Wildman–Crippen LogP) is 2.55. The van der Waals surface area contributed by atoms with Gasteiger partial charge in [-0.2, -0.15) is 0 Å². The molecular weight excluding hydrogens is 172 g/mol. The van der Waals surface area contributed by atoms with Crippen molar-refractivity contribution < 1.29 is 4.79 Å². The minimum absolute atomic E-state index is 0.526. The number of carbonyl (C=O) groups excluding carboxylic acids is 1. The lowest BCUT2D eigenvalue weighted by atomic mass is 10.0. The van der Waals surface area contributed by atoms with Crippen LogP contribution in [0.2, 0.25) is 0 Å². The van der Waals surface area contributed by atoms with Crippen LogP contribution in [0.15, 0.2) is 35.9 Å². The zero-order valence-corrected chi connectivity index (χ0v) is 8.36. The van der Waals surface area contributed by atoms with Gasteiger partial charge in [0.05, 0.1) is 0 Å². The minimum Gasteiger partial charge on any atom is -0.298 e. The van der Waals surface area contributed by atoms with Gasteiger partial charge in [-0.1, -0.05) is 30.3 Å². The van der Waals surface area contributed by atoms with Crippen molar-refractivity contribution >= 4 is 6.29 Å². The number of carbonyl (C=O) groups is 1. The zero-order chi connectivity index (χ0) is 9.97. The van der Waals surface area contributed by atoms with Crippen molar-refractivity contribution in [3.63, 3.8) is 0 Å². The van der Waals surface area contributed by atoms with Crippen molar-refractivity contribution in [3.05, 3.63) is 47.0 Å². The first-order valence-electron chi connectivity index (χ1n) is 5.00. The maximum atomic E-state index is 10.5. The van der Waals surface area contributed by atoms with Crippen LogP contribution in [0.25, 0.3) is 0 Å². The summed E-state index contributed by atoms with van der Waals surface area (Å²) in [6.07, 6.45) is 5.19. The fraction of sp³-hybridized carbons (Fsp3) is 0.308. The van der Waals surface area contributed by atoms with Crippen molar-refractivity contribution in [1.29, 1.82) is 0 Å². The lowest BCUT2D eigenvalue weighted by molar-refractivity contribution is -0.104. The van der Waals surface area contributed by atoms with Crippen LogP contribution in [0.3, 0.4) is 0 Å². The molecule has 1 aliphatic carbocycles. The largest absolute Gasteiger partial charge is 0.298 e. The van der Waals surface area contributed by atoms with Crippen molar-refractivity contribution in [2.75, 3.05) is 0 Å². The molecule has 0 aliphatic heterocycles. The van der Waals surface area contributed by atoms with Crippen molar-refractivity contribution in [3.8, 4) is 0 Å². The number of hydrogen-bond acceptors (Lipinski definition) is 1. The summed E-state index contributed by atoms with van der Waals surface area (Å²) >= 11 is 0. The summed E-state index contributed by atoms with van der Waals surface area (Å²) in [6.45, 7) is 1.87. The molecule has 14 heavy (non-hydrogen) atoms. The van der Waals surface area contributed by atoms with Gasteiger partial charge < -0.3 is 0 Å². The van der Waals surface area contributed by atoms with E-state index in [9.17, 15) is 4.79 Å². The second-order valence-electron chi connectivity index (χ2n) is 3.97. The molecule has 0 amide bonds. The lowest BCUT2D eigenvalue weighted by Gasteiger charge is -2.00. The molecule has 0 atom stereocenters. The molecule has 1 nitrogen and oxygen atoms in total. The van der Waals surface area contributed by atoms with E-state index in [1.54, 1.807) is 0 Å². The Morgan fingerprint density at radius 1 is 1.29 bits per heavy atom. The number of fused-ring (bicyclic) bond motifs is 1. The summed E-state index contributed by atoms with van der Waals surface area (Å²) in [6, 6.07) is 8.52. The number of hydrogen-bond donors (Lipinski definition) is 0. The highest BCUT2D eigenvalue weighted by Crippen LogP contribution is 2.27. The van der Waals surface area contributed by atoms with Crippen molar-refractivity contribution in [1.82, 2.24) is 0 Å². The predicted molar refractivity (Wildman–Crippen MR) is 57.2 cm³/mol. The zero-order valence-electron chi connectivity index (χ0n) is 8.36. The highest BCUT2D eigenvalue weighted by atomic mass is 16.1. The van der Waals surface area contributed by atoms with E-state index >= 15 is 0 Å². The van der Waals surface area contributed by atoms with Crippen LogP contribution in [0.4, 0.5) is 0 Å². The van der Waals surface area contributed by atoms with Gasteiger partial charge in [0.2, 0.25) is 0 Å². The smallest absolute Gasteiger partial charge is 0.145 e. The molecule has 0 bridgehead atoms. The van der Waals surface area contributed by atoms with E-state index in [-0.39, 0.29) is 0 Å². The molecule has 1 aliphatic rings. The molecule has 1 aromatic carbocycles. The molecule has 0 unspecified atom stereocenters. The van der Waals surface area contributed by atoms with Crippen LogP contribution in [0.5, 0.6) is 0 Å². The van der Waals surface area contributed by atoms with Gasteiger partial charge in [0.1, 0.15) is 6.29 Å². The van der Waals surface area contributed by atoms with E-state index < -0.39 is 0 Å². The number of rotatable bonds is 2. The van der Waals surface area contributed by atoms with Crippen LogP contribution >= 0.6 is 0 Å². The SMILES string of the molecule is CC(C=O)=CC1Cc2ccccc2C1. The van der Waals surface area contributed by atoms with Crippen LogP contribution in [-0.2, 0) is 17.6 Å². The van der Waals surface area contributed by atoms with Gasteiger partial charge in [-0.25, -0.2) is 0 Å². The van der Waals surface area contributed by atoms with Crippen molar-refractivity contribution in [2.24, 2.45) is 5.92 Å². The van der Waals surface area contributed by atoms with Gasteiger partial charge in [0.25, 0.3) is 0 Å². The minimum atomic E-state index is 0.526. The average molecular weight is 186 g/mol. The quantitative estimate of drug-likeness (QED) is 0.512. The summed E-state index contributed by atoms with van der Waals surface area (Å²) in [5.74, 6) is 0.526. The Hall–Kier alpha value is -1.37. The molecule has 0 saturated carbocycles. The molecule has 0 saturated heterocycles. The third-order valence-corrected chi connectivity index (χ3v) is 2.77. The molecule has 0 N–H and O–H groups in total. The summed E-state index contributed by atoms with van der Waals surface area (Å²) < 4.78 is 0. The summed E-state index contributed by atoms with van der Waals surface area (Å²) in [4.78, 5) is 10.5. The second-order valence-corrected chi connectivity index (χ2v) is 3.97. The summed E-state index contributed by atoms with van der Waals surface area (Å²) in [5.41, 5.74) is 3.72. The Morgan fingerprint density at radius 3 is 2.36 bits per heavy atom. The van der Waals surface area contributed by atoms with Gasteiger partial charge in [-0.15, -0.1) is 0 Å². The third kappa shape index (κ3) is 1.77. The molecule has 0 spiro atoms. The third-order valence-electron chi connectivity index (χ3n) is 2.77. The van der Waals surface area contributed by atoms with Crippen LogP contribution < -0.4 is 0 Å². The maximum absolute atomic E-state index is 10.5. The van der Waals surface area contributed by atoms with E-state index in [0.29, 0.717) is 5.92 Å². The highest BCUT2D eigenvalue weighted by molar-refractivity contribution is 5.72. The molecule has 0 radical (unpaired) electrons. The first-order valence-corrected chi connectivity index (χ1v) is 5.00. The van der Waals surface area contributed by atoms with Gasteiger partial charge in [-0.05, 0) is 42.4 Å². The average Bonchev–Trinajstić information content (AvgIpc) is 2.59.